The summed E-state index contributed by atoms with van der Waals surface area (Å²) < 4.78 is 12.6. The van der Waals surface area contributed by atoms with Gasteiger partial charge in [-0.1, -0.05) is 24.3 Å². The zero-order valence-electron chi connectivity index (χ0n) is 13.1. The van der Waals surface area contributed by atoms with Crippen molar-refractivity contribution in [1.29, 1.82) is 0 Å². The van der Waals surface area contributed by atoms with E-state index in [-0.39, 0.29) is 0 Å². The number of nitrogen functional groups attached to an aromatic ring is 2. The largest absolute Gasteiger partial charge is 0.442 e. The minimum Gasteiger partial charge on any atom is -0.442 e. The normalized spacial score (nSPS) is 17.3. The maximum atomic E-state index is 6.29. The van der Waals surface area contributed by atoms with Crippen molar-refractivity contribution in [3.8, 4) is 11.5 Å². The Hall–Kier alpha value is -2.88. The monoisotopic (exact) mass is 306 g/mol. The van der Waals surface area contributed by atoms with Crippen LogP contribution < -0.4 is 20.9 Å². The summed E-state index contributed by atoms with van der Waals surface area (Å²) in [6.07, 6.45) is 4.10. The molecule has 2 aliphatic heterocycles. The van der Waals surface area contributed by atoms with Crippen molar-refractivity contribution in [3.05, 3.63) is 58.7 Å². The van der Waals surface area contributed by atoms with E-state index in [1.807, 2.05) is 50.2 Å². The molecule has 2 aromatic rings. The molecular formula is C19H18N2O2. The predicted molar refractivity (Wildman–Crippen MR) is 93.0 cm³/mol. The molecule has 2 aliphatic rings. The topological polar surface area (TPSA) is 70.5 Å². The summed E-state index contributed by atoms with van der Waals surface area (Å²) in [5.74, 6) is 0.290. The lowest BCUT2D eigenvalue weighted by atomic mass is 9.90. The van der Waals surface area contributed by atoms with Gasteiger partial charge in [0.2, 0.25) is 0 Å². The summed E-state index contributed by atoms with van der Waals surface area (Å²) in [6, 6.07) is 11.4. The van der Waals surface area contributed by atoms with Gasteiger partial charge in [-0.05, 0) is 38.1 Å². The fourth-order valence-electron chi connectivity index (χ4n) is 3.21. The highest BCUT2D eigenvalue weighted by Gasteiger charge is 2.45. The van der Waals surface area contributed by atoms with Crippen molar-refractivity contribution in [1.82, 2.24) is 0 Å². The van der Waals surface area contributed by atoms with E-state index in [1.165, 1.54) is 0 Å². The van der Waals surface area contributed by atoms with E-state index < -0.39 is 5.79 Å². The number of benzene rings is 2. The van der Waals surface area contributed by atoms with E-state index in [0.717, 1.165) is 22.3 Å². The fourth-order valence-corrected chi connectivity index (χ4v) is 3.21. The molecule has 0 aromatic heterocycles. The lowest BCUT2D eigenvalue weighted by Gasteiger charge is -2.42. The SMILES string of the molecule is CC1=Cc2cccc(N)c2OC12Oc1c(N)cccc1C=C2C. The number of nitrogens with two attached hydrogens (primary N) is 2. The zero-order valence-corrected chi connectivity index (χ0v) is 13.1. The van der Waals surface area contributed by atoms with Crippen LogP contribution in [-0.2, 0) is 0 Å². The van der Waals surface area contributed by atoms with Crippen molar-refractivity contribution in [2.24, 2.45) is 0 Å². The smallest absolute Gasteiger partial charge is 0.297 e. The van der Waals surface area contributed by atoms with Gasteiger partial charge in [0.15, 0.2) is 11.5 Å². The second-order valence-electron chi connectivity index (χ2n) is 6.01. The Morgan fingerprint density at radius 2 is 1.17 bits per heavy atom. The van der Waals surface area contributed by atoms with Gasteiger partial charge >= 0.3 is 0 Å². The second kappa shape index (κ2) is 4.56. The maximum Gasteiger partial charge on any atom is 0.297 e. The number of para-hydroxylation sites is 2. The lowest BCUT2D eigenvalue weighted by Crippen LogP contribution is -2.48. The van der Waals surface area contributed by atoms with Crippen LogP contribution in [0.3, 0.4) is 0 Å². The maximum absolute atomic E-state index is 6.29. The second-order valence-corrected chi connectivity index (χ2v) is 6.01. The minimum absolute atomic E-state index is 0.592. The van der Waals surface area contributed by atoms with Gasteiger partial charge in [-0.25, -0.2) is 0 Å². The zero-order chi connectivity index (χ0) is 16.2. The molecule has 1 spiro atoms. The van der Waals surface area contributed by atoms with Crippen LogP contribution in [0.25, 0.3) is 12.2 Å². The molecule has 4 nitrogen and oxygen atoms in total. The number of hydrogen-bond donors (Lipinski definition) is 2. The van der Waals surface area contributed by atoms with Crippen LogP contribution in [0.2, 0.25) is 0 Å². The van der Waals surface area contributed by atoms with E-state index >= 15 is 0 Å². The Bertz CT molecular complexity index is 807. The van der Waals surface area contributed by atoms with Crippen LogP contribution in [0.1, 0.15) is 25.0 Å². The van der Waals surface area contributed by atoms with Gasteiger partial charge in [0.05, 0.1) is 11.4 Å². The highest BCUT2D eigenvalue weighted by atomic mass is 16.7. The lowest BCUT2D eigenvalue weighted by molar-refractivity contribution is -0.0503. The standard InChI is InChI=1S/C19H18N2O2/c1-11-9-13-5-3-7-15(20)17(13)22-19(11)12(2)10-14-6-4-8-16(21)18(14)23-19/h3-10H,20-21H2,1-2H3. The Morgan fingerprint density at radius 1 is 0.739 bits per heavy atom. The third-order valence-corrected chi connectivity index (χ3v) is 4.43. The van der Waals surface area contributed by atoms with Crippen LogP contribution in [0.15, 0.2) is 47.5 Å². The van der Waals surface area contributed by atoms with Crippen LogP contribution in [0.5, 0.6) is 11.5 Å². The van der Waals surface area contributed by atoms with Crippen molar-refractivity contribution in [2.45, 2.75) is 19.6 Å². The molecule has 2 aromatic carbocycles. The first kappa shape index (κ1) is 13.8. The van der Waals surface area contributed by atoms with Crippen LogP contribution in [0.4, 0.5) is 11.4 Å². The first-order chi connectivity index (χ1) is 11.0. The third-order valence-electron chi connectivity index (χ3n) is 4.43. The van der Waals surface area contributed by atoms with Gasteiger partial charge in [0.1, 0.15) is 0 Å². The van der Waals surface area contributed by atoms with Crippen LogP contribution >= 0.6 is 0 Å². The number of fused-ring (bicyclic) bond motifs is 2. The van der Waals surface area contributed by atoms with Crippen molar-refractivity contribution >= 4 is 23.5 Å². The highest BCUT2D eigenvalue weighted by molar-refractivity contribution is 5.77. The van der Waals surface area contributed by atoms with E-state index in [2.05, 4.69) is 12.2 Å². The first-order valence-electron chi connectivity index (χ1n) is 7.54. The number of anilines is 2. The summed E-state index contributed by atoms with van der Waals surface area (Å²) in [6.45, 7) is 3.99. The Morgan fingerprint density at radius 3 is 1.61 bits per heavy atom. The molecule has 0 radical (unpaired) electrons. The summed E-state index contributed by atoms with van der Waals surface area (Å²) in [5.41, 5.74) is 17.2. The molecule has 4 heteroatoms. The number of ether oxygens (including phenoxy) is 2. The molecule has 0 amide bonds. The summed E-state index contributed by atoms with van der Waals surface area (Å²) in [5, 5.41) is 0. The van der Waals surface area contributed by atoms with Crippen LogP contribution in [-0.4, -0.2) is 5.79 Å². The van der Waals surface area contributed by atoms with Gasteiger partial charge in [-0.2, -0.15) is 0 Å². The molecule has 116 valence electrons. The Balaban J connectivity index is 1.91. The first-order valence-corrected chi connectivity index (χ1v) is 7.54. The molecule has 2 heterocycles. The van der Waals surface area contributed by atoms with E-state index in [1.54, 1.807) is 0 Å². The van der Waals surface area contributed by atoms with E-state index in [0.29, 0.717) is 22.9 Å². The summed E-state index contributed by atoms with van der Waals surface area (Å²) >= 11 is 0. The molecule has 0 atom stereocenters. The molecule has 0 saturated heterocycles. The molecule has 0 unspecified atom stereocenters. The molecule has 4 N–H and O–H groups in total. The molecule has 0 saturated carbocycles. The average Bonchev–Trinajstić information content (AvgIpc) is 2.51. The third kappa shape index (κ3) is 1.84. The number of hydrogen-bond acceptors (Lipinski definition) is 4. The average molecular weight is 306 g/mol. The molecule has 0 bridgehead atoms. The predicted octanol–water partition coefficient (Wildman–Crippen LogP) is 3.84. The minimum atomic E-state index is -0.995. The number of rotatable bonds is 0. The van der Waals surface area contributed by atoms with Gasteiger partial charge in [-0.3, -0.25) is 0 Å². The van der Waals surface area contributed by atoms with Gasteiger partial charge < -0.3 is 20.9 Å². The van der Waals surface area contributed by atoms with Gasteiger partial charge in [0.25, 0.3) is 5.79 Å². The Kier molecular flexibility index (Phi) is 2.73. The summed E-state index contributed by atoms with van der Waals surface area (Å²) in [7, 11) is 0. The fraction of sp³-hybridized carbons (Fsp3) is 0.158. The van der Waals surface area contributed by atoms with Crippen LogP contribution in [0, 0.1) is 0 Å². The molecule has 23 heavy (non-hydrogen) atoms. The van der Waals surface area contributed by atoms with E-state index in [4.69, 9.17) is 20.9 Å². The van der Waals surface area contributed by atoms with E-state index in [9.17, 15) is 0 Å². The Labute approximate surface area is 135 Å². The molecule has 0 aliphatic carbocycles. The van der Waals surface area contributed by atoms with Crippen molar-refractivity contribution in [3.63, 3.8) is 0 Å². The molecule has 0 fully saturated rings. The van der Waals surface area contributed by atoms with Gasteiger partial charge in [-0.15, -0.1) is 0 Å². The molecule has 4 rings (SSSR count). The quantitative estimate of drug-likeness (QED) is 0.725. The van der Waals surface area contributed by atoms with Crippen molar-refractivity contribution < 1.29 is 9.47 Å². The van der Waals surface area contributed by atoms with Crippen molar-refractivity contribution in [2.75, 3.05) is 11.5 Å². The summed E-state index contributed by atoms with van der Waals surface area (Å²) in [4.78, 5) is 0. The molecular weight excluding hydrogens is 288 g/mol. The highest BCUT2D eigenvalue weighted by Crippen LogP contribution is 2.48. The van der Waals surface area contributed by atoms with Gasteiger partial charge in [0, 0.05) is 22.3 Å².